The van der Waals surface area contributed by atoms with Crippen molar-refractivity contribution in [1.82, 2.24) is 4.90 Å². The lowest BCUT2D eigenvalue weighted by Gasteiger charge is -2.37. The van der Waals surface area contributed by atoms with E-state index in [-0.39, 0.29) is 0 Å². The van der Waals surface area contributed by atoms with Gasteiger partial charge in [-0.2, -0.15) is 0 Å². The van der Waals surface area contributed by atoms with Gasteiger partial charge in [-0.15, -0.1) is 0 Å². The number of quaternary nitrogens is 1. The van der Waals surface area contributed by atoms with Crippen LogP contribution >= 0.6 is 0 Å². The second-order valence-electron chi connectivity index (χ2n) is 7.21. The number of hydrogen-bond donors (Lipinski definition) is 0. The van der Waals surface area contributed by atoms with Crippen molar-refractivity contribution in [3.05, 3.63) is 0 Å². The summed E-state index contributed by atoms with van der Waals surface area (Å²) in [6.45, 7) is 2.67. The Bertz CT molecular complexity index is 237. The van der Waals surface area contributed by atoms with Crippen molar-refractivity contribution in [3.8, 4) is 0 Å². The Morgan fingerprint density at radius 3 is 2.11 bits per heavy atom. The molecule has 0 saturated heterocycles. The van der Waals surface area contributed by atoms with Crippen LogP contribution < -0.4 is 0 Å². The fraction of sp³-hybridized carbons (Fsp3) is 1.00. The van der Waals surface area contributed by atoms with Gasteiger partial charge in [0.05, 0.1) is 26.7 Å². The second-order valence-corrected chi connectivity index (χ2v) is 7.21. The van der Waals surface area contributed by atoms with Crippen LogP contribution in [-0.4, -0.2) is 55.7 Å². The minimum Gasteiger partial charge on any atom is -0.326 e. The molecule has 0 spiro atoms. The molecule has 0 aromatic rings. The van der Waals surface area contributed by atoms with E-state index in [1.165, 1.54) is 75.4 Å². The molecule has 2 heteroatoms. The van der Waals surface area contributed by atoms with E-state index in [4.69, 9.17) is 0 Å². The summed E-state index contributed by atoms with van der Waals surface area (Å²) in [6, 6.07) is 1.84. The van der Waals surface area contributed by atoms with E-state index >= 15 is 0 Å². The highest BCUT2D eigenvalue weighted by molar-refractivity contribution is 4.75. The van der Waals surface area contributed by atoms with Gasteiger partial charge in [0.25, 0.3) is 0 Å². The quantitative estimate of drug-likeness (QED) is 0.657. The van der Waals surface area contributed by atoms with E-state index < -0.39 is 0 Å². The topological polar surface area (TPSA) is 3.24 Å². The van der Waals surface area contributed by atoms with Crippen LogP contribution in [0.1, 0.15) is 57.8 Å². The van der Waals surface area contributed by atoms with Crippen LogP contribution in [-0.2, 0) is 0 Å². The Hall–Kier alpha value is -0.0800. The lowest BCUT2D eigenvalue weighted by molar-refractivity contribution is -0.914. The highest BCUT2D eigenvalue weighted by Gasteiger charge is 2.30. The maximum Gasteiger partial charge on any atom is 0.0886 e. The average molecular weight is 253 g/mol. The molecule has 18 heavy (non-hydrogen) atoms. The minimum absolute atomic E-state index is 0.895. The number of rotatable bonds is 6. The molecule has 0 unspecified atom stereocenters. The van der Waals surface area contributed by atoms with Crippen LogP contribution in [0.4, 0.5) is 0 Å². The summed E-state index contributed by atoms with van der Waals surface area (Å²) in [4.78, 5) is 2.63. The molecule has 0 amide bonds. The molecule has 106 valence electrons. The Balaban J connectivity index is 1.67. The maximum atomic E-state index is 2.63. The number of hydrogen-bond acceptors (Lipinski definition) is 1. The largest absolute Gasteiger partial charge is 0.326 e. The van der Waals surface area contributed by atoms with Crippen LogP contribution in [0.15, 0.2) is 0 Å². The van der Waals surface area contributed by atoms with E-state index in [2.05, 4.69) is 26.0 Å². The summed E-state index contributed by atoms with van der Waals surface area (Å²) >= 11 is 0. The average Bonchev–Trinajstić information content (AvgIpc) is 3.02. The first kappa shape index (κ1) is 14.3. The van der Waals surface area contributed by atoms with Crippen molar-refractivity contribution in [2.45, 2.75) is 69.9 Å². The SMILES string of the molecule is CN(CCC[N+](C)(C)C1CCCC1)C1CCCC1. The third-order valence-corrected chi connectivity index (χ3v) is 5.51. The lowest BCUT2D eigenvalue weighted by Crippen LogP contribution is -2.48. The van der Waals surface area contributed by atoms with Crippen LogP contribution in [0.25, 0.3) is 0 Å². The molecule has 2 rings (SSSR count). The molecule has 2 saturated carbocycles. The third kappa shape index (κ3) is 3.71. The number of nitrogens with zero attached hydrogens (tertiary/aromatic N) is 2. The zero-order chi connectivity index (χ0) is 13.0. The molecule has 0 radical (unpaired) electrons. The fourth-order valence-corrected chi connectivity index (χ4v) is 4.04. The van der Waals surface area contributed by atoms with E-state index in [9.17, 15) is 0 Å². The highest BCUT2D eigenvalue weighted by Crippen LogP contribution is 2.27. The van der Waals surface area contributed by atoms with Gasteiger partial charge in [-0.05, 0) is 45.6 Å². The van der Waals surface area contributed by atoms with Gasteiger partial charge in [-0.3, -0.25) is 0 Å². The Kier molecular flexibility index (Phi) is 5.08. The normalized spacial score (nSPS) is 23.3. The zero-order valence-electron chi connectivity index (χ0n) is 12.8. The molecule has 0 aliphatic heterocycles. The molecule has 0 atom stereocenters. The molecular formula is C16H33N2+. The zero-order valence-corrected chi connectivity index (χ0v) is 12.8. The maximum absolute atomic E-state index is 2.63. The fourth-order valence-electron chi connectivity index (χ4n) is 4.04. The van der Waals surface area contributed by atoms with Crippen molar-refractivity contribution in [1.29, 1.82) is 0 Å². The van der Waals surface area contributed by atoms with Gasteiger partial charge in [0, 0.05) is 19.0 Å². The van der Waals surface area contributed by atoms with E-state index in [1.54, 1.807) is 0 Å². The van der Waals surface area contributed by atoms with Gasteiger partial charge in [-0.1, -0.05) is 12.8 Å². The lowest BCUT2D eigenvalue weighted by atomic mass is 10.1. The van der Waals surface area contributed by atoms with Crippen LogP contribution in [0.3, 0.4) is 0 Å². The van der Waals surface area contributed by atoms with Gasteiger partial charge >= 0.3 is 0 Å². The van der Waals surface area contributed by atoms with Gasteiger partial charge in [0.1, 0.15) is 0 Å². The monoisotopic (exact) mass is 253 g/mol. The second kappa shape index (κ2) is 6.38. The van der Waals surface area contributed by atoms with Gasteiger partial charge < -0.3 is 9.38 Å². The Labute approximate surface area is 114 Å². The smallest absolute Gasteiger partial charge is 0.0886 e. The van der Waals surface area contributed by atoms with Crippen LogP contribution in [0.2, 0.25) is 0 Å². The third-order valence-electron chi connectivity index (χ3n) is 5.51. The van der Waals surface area contributed by atoms with Crippen molar-refractivity contribution >= 4 is 0 Å². The summed E-state index contributed by atoms with van der Waals surface area (Å²) in [6.07, 6.45) is 13.0. The summed E-state index contributed by atoms with van der Waals surface area (Å²) in [5.41, 5.74) is 0. The first-order chi connectivity index (χ1) is 8.59. The first-order valence-electron chi connectivity index (χ1n) is 8.12. The molecule has 2 fully saturated rings. The molecule has 2 aliphatic rings. The van der Waals surface area contributed by atoms with E-state index in [0.29, 0.717) is 0 Å². The van der Waals surface area contributed by atoms with E-state index in [0.717, 1.165) is 12.1 Å². The molecule has 0 aromatic heterocycles. The molecule has 0 N–H and O–H groups in total. The predicted molar refractivity (Wildman–Crippen MR) is 78.7 cm³/mol. The molecule has 2 nitrogen and oxygen atoms in total. The predicted octanol–water partition coefficient (Wildman–Crippen LogP) is 3.27. The Morgan fingerprint density at radius 2 is 1.50 bits per heavy atom. The summed E-state index contributed by atoms with van der Waals surface area (Å²) in [5, 5.41) is 0. The summed E-state index contributed by atoms with van der Waals surface area (Å²) < 4.78 is 1.26. The highest BCUT2D eigenvalue weighted by atomic mass is 15.3. The summed E-state index contributed by atoms with van der Waals surface area (Å²) in [7, 11) is 7.24. The van der Waals surface area contributed by atoms with E-state index in [1.807, 2.05) is 0 Å². The van der Waals surface area contributed by atoms with Crippen molar-refractivity contribution in [2.75, 3.05) is 34.2 Å². The summed E-state index contributed by atoms with van der Waals surface area (Å²) in [5.74, 6) is 0. The molecular weight excluding hydrogens is 220 g/mol. The standard InChI is InChI=1S/C16H33N2/c1-17(15-9-4-5-10-15)13-8-14-18(2,3)16-11-6-7-12-16/h15-16H,4-14H2,1-3H3/q+1. The van der Waals surface area contributed by atoms with Crippen LogP contribution in [0, 0.1) is 0 Å². The molecule has 0 bridgehead atoms. The Morgan fingerprint density at radius 1 is 0.944 bits per heavy atom. The molecule has 2 aliphatic carbocycles. The van der Waals surface area contributed by atoms with Gasteiger partial charge in [0.15, 0.2) is 0 Å². The molecule has 0 aromatic carbocycles. The van der Waals surface area contributed by atoms with Crippen molar-refractivity contribution in [2.24, 2.45) is 0 Å². The minimum atomic E-state index is 0.895. The first-order valence-corrected chi connectivity index (χ1v) is 8.12. The van der Waals surface area contributed by atoms with Gasteiger partial charge in [-0.25, -0.2) is 0 Å². The molecule has 0 heterocycles. The van der Waals surface area contributed by atoms with Crippen molar-refractivity contribution < 1.29 is 4.48 Å². The van der Waals surface area contributed by atoms with Gasteiger partial charge in [0.2, 0.25) is 0 Å². The van der Waals surface area contributed by atoms with Crippen LogP contribution in [0.5, 0.6) is 0 Å². The van der Waals surface area contributed by atoms with Crippen molar-refractivity contribution in [3.63, 3.8) is 0 Å².